The summed E-state index contributed by atoms with van der Waals surface area (Å²) in [6.45, 7) is 2.33. The summed E-state index contributed by atoms with van der Waals surface area (Å²) in [5.41, 5.74) is 6.46. The van der Waals surface area contributed by atoms with Gasteiger partial charge in [-0.05, 0) is 26.2 Å². The van der Waals surface area contributed by atoms with E-state index in [1.165, 1.54) is 5.57 Å². The van der Waals surface area contributed by atoms with Gasteiger partial charge < -0.3 is 10.5 Å². The predicted octanol–water partition coefficient (Wildman–Crippen LogP) is 1.34. The Kier molecular flexibility index (Phi) is 2.76. The first-order valence-electron chi connectivity index (χ1n) is 5.41. The zero-order valence-corrected chi connectivity index (χ0v) is 9.03. The standard InChI is InChI=1S/C12H17NO2/c1-12(8-15-12)11(14)10(13)7-9-5-3-2-4-6-9/h3,5-6,10H,2,4,7-8,13H2,1H3. The summed E-state index contributed by atoms with van der Waals surface area (Å²) in [5.74, 6) is 0.0300. The molecule has 1 saturated heterocycles. The molecule has 2 aliphatic rings. The lowest BCUT2D eigenvalue weighted by Crippen LogP contribution is -2.39. The summed E-state index contributed by atoms with van der Waals surface area (Å²) in [7, 11) is 0. The van der Waals surface area contributed by atoms with Gasteiger partial charge in [-0.2, -0.15) is 0 Å². The maximum atomic E-state index is 11.8. The van der Waals surface area contributed by atoms with E-state index >= 15 is 0 Å². The van der Waals surface area contributed by atoms with Crippen molar-refractivity contribution in [1.29, 1.82) is 0 Å². The second-order valence-corrected chi connectivity index (χ2v) is 4.45. The second-order valence-electron chi connectivity index (χ2n) is 4.45. The number of ether oxygens (including phenoxy) is 1. The Labute approximate surface area is 90.0 Å². The van der Waals surface area contributed by atoms with Gasteiger partial charge in [0.25, 0.3) is 0 Å². The topological polar surface area (TPSA) is 55.6 Å². The number of nitrogens with two attached hydrogens (primary N) is 1. The molecule has 0 aromatic rings. The third-order valence-corrected chi connectivity index (χ3v) is 2.96. The van der Waals surface area contributed by atoms with Crippen molar-refractivity contribution < 1.29 is 9.53 Å². The molecule has 15 heavy (non-hydrogen) atoms. The van der Waals surface area contributed by atoms with Gasteiger partial charge in [0.15, 0.2) is 5.78 Å². The molecule has 2 rings (SSSR count). The van der Waals surface area contributed by atoms with Crippen molar-refractivity contribution in [3.05, 3.63) is 23.8 Å². The summed E-state index contributed by atoms with van der Waals surface area (Å²) in [6, 6.07) is -0.425. The molecule has 1 aliphatic heterocycles. The molecule has 2 atom stereocenters. The highest BCUT2D eigenvalue weighted by Gasteiger charge is 2.48. The Morgan fingerprint density at radius 3 is 2.93 bits per heavy atom. The Balaban J connectivity index is 1.91. The summed E-state index contributed by atoms with van der Waals surface area (Å²) in [6.07, 6.45) is 9.13. The van der Waals surface area contributed by atoms with Gasteiger partial charge >= 0.3 is 0 Å². The average Bonchev–Trinajstić information content (AvgIpc) is 2.98. The Morgan fingerprint density at radius 1 is 1.67 bits per heavy atom. The van der Waals surface area contributed by atoms with Crippen LogP contribution in [0, 0.1) is 0 Å². The van der Waals surface area contributed by atoms with Crippen molar-refractivity contribution >= 4 is 5.78 Å². The van der Waals surface area contributed by atoms with Crippen molar-refractivity contribution in [3.8, 4) is 0 Å². The van der Waals surface area contributed by atoms with Crippen LogP contribution in [0.2, 0.25) is 0 Å². The molecule has 1 heterocycles. The van der Waals surface area contributed by atoms with E-state index in [0.717, 1.165) is 12.8 Å². The molecule has 0 saturated carbocycles. The minimum absolute atomic E-state index is 0.0300. The van der Waals surface area contributed by atoms with Crippen LogP contribution in [0.15, 0.2) is 23.8 Å². The van der Waals surface area contributed by atoms with Crippen LogP contribution in [-0.2, 0) is 9.53 Å². The van der Waals surface area contributed by atoms with E-state index < -0.39 is 11.6 Å². The third kappa shape index (κ3) is 2.36. The van der Waals surface area contributed by atoms with Crippen molar-refractivity contribution in [2.75, 3.05) is 6.61 Å². The molecule has 0 bridgehead atoms. The largest absolute Gasteiger partial charge is 0.362 e. The molecule has 1 fully saturated rings. The maximum absolute atomic E-state index is 11.8. The minimum Gasteiger partial charge on any atom is -0.362 e. The summed E-state index contributed by atoms with van der Waals surface area (Å²) >= 11 is 0. The fraction of sp³-hybridized carbons (Fsp3) is 0.583. The van der Waals surface area contributed by atoms with Crippen molar-refractivity contribution in [2.45, 2.75) is 37.8 Å². The van der Waals surface area contributed by atoms with Crippen LogP contribution in [0.3, 0.4) is 0 Å². The van der Waals surface area contributed by atoms with E-state index in [4.69, 9.17) is 10.5 Å². The molecule has 0 amide bonds. The van der Waals surface area contributed by atoms with Gasteiger partial charge in [0.2, 0.25) is 0 Å². The molecule has 2 N–H and O–H groups in total. The van der Waals surface area contributed by atoms with Crippen LogP contribution >= 0.6 is 0 Å². The number of carbonyl (C=O) groups is 1. The molecule has 2 unspecified atom stereocenters. The fourth-order valence-corrected chi connectivity index (χ4v) is 1.81. The number of rotatable bonds is 4. The molecule has 0 aromatic carbocycles. The number of allylic oxidation sites excluding steroid dienone is 3. The fourth-order valence-electron chi connectivity index (χ4n) is 1.81. The van der Waals surface area contributed by atoms with Crippen LogP contribution in [-0.4, -0.2) is 24.0 Å². The molecule has 0 radical (unpaired) electrons. The van der Waals surface area contributed by atoms with Gasteiger partial charge in [-0.1, -0.05) is 23.8 Å². The van der Waals surface area contributed by atoms with E-state index in [9.17, 15) is 4.79 Å². The molecule has 3 nitrogen and oxygen atoms in total. The van der Waals surface area contributed by atoms with Gasteiger partial charge in [-0.15, -0.1) is 0 Å². The predicted molar refractivity (Wildman–Crippen MR) is 58.4 cm³/mol. The average molecular weight is 207 g/mol. The Hall–Kier alpha value is -0.930. The highest BCUT2D eigenvalue weighted by molar-refractivity contribution is 5.93. The lowest BCUT2D eigenvalue weighted by molar-refractivity contribution is -0.124. The van der Waals surface area contributed by atoms with Crippen LogP contribution < -0.4 is 5.73 Å². The van der Waals surface area contributed by atoms with Gasteiger partial charge in [-0.3, -0.25) is 4.79 Å². The van der Waals surface area contributed by atoms with Crippen LogP contribution in [0.5, 0.6) is 0 Å². The third-order valence-electron chi connectivity index (χ3n) is 2.96. The number of hydrogen-bond acceptors (Lipinski definition) is 3. The lowest BCUT2D eigenvalue weighted by Gasteiger charge is -2.14. The van der Waals surface area contributed by atoms with Crippen molar-refractivity contribution in [1.82, 2.24) is 0 Å². The van der Waals surface area contributed by atoms with E-state index in [1.54, 1.807) is 6.92 Å². The molecule has 3 heteroatoms. The number of hydrogen-bond donors (Lipinski definition) is 1. The first kappa shape index (κ1) is 10.6. The molecular weight excluding hydrogens is 190 g/mol. The van der Waals surface area contributed by atoms with E-state index in [0.29, 0.717) is 13.0 Å². The highest BCUT2D eigenvalue weighted by Crippen LogP contribution is 2.29. The second kappa shape index (κ2) is 3.91. The van der Waals surface area contributed by atoms with Crippen LogP contribution in [0.1, 0.15) is 26.2 Å². The van der Waals surface area contributed by atoms with Gasteiger partial charge in [0, 0.05) is 0 Å². The molecule has 0 aromatic heterocycles. The molecule has 82 valence electrons. The monoisotopic (exact) mass is 207 g/mol. The number of ketones is 1. The summed E-state index contributed by atoms with van der Waals surface area (Å²) in [4.78, 5) is 11.8. The van der Waals surface area contributed by atoms with E-state index in [-0.39, 0.29) is 5.78 Å². The molecular formula is C12H17NO2. The Bertz CT molecular complexity index is 327. The first-order valence-corrected chi connectivity index (χ1v) is 5.41. The van der Waals surface area contributed by atoms with E-state index in [1.807, 2.05) is 0 Å². The normalized spacial score (nSPS) is 30.9. The van der Waals surface area contributed by atoms with Crippen molar-refractivity contribution in [3.63, 3.8) is 0 Å². The number of epoxide rings is 1. The van der Waals surface area contributed by atoms with Crippen LogP contribution in [0.4, 0.5) is 0 Å². The SMILES string of the molecule is CC1(C(=O)C(N)CC2=CCCC=C2)CO1. The van der Waals surface area contributed by atoms with Gasteiger partial charge in [0.1, 0.15) is 5.60 Å². The zero-order valence-electron chi connectivity index (χ0n) is 9.03. The highest BCUT2D eigenvalue weighted by atomic mass is 16.6. The minimum atomic E-state index is -0.585. The van der Waals surface area contributed by atoms with E-state index in [2.05, 4.69) is 18.2 Å². The quantitative estimate of drug-likeness (QED) is 0.708. The smallest absolute Gasteiger partial charge is 0.183 e. The number of Topliss-reactive ketones (excluding diaryl/α,β-unsaturated/α-hetero) is 1. The lowest BCUT2D eigenvalue weighted by atomic mass is 9.93. The molecule has 1 aliphatic carbocycles. The zero-order chi connectivity index (χ0) is 10.9. The summed E-state index contributed by atoms with van der Waals surface area (Å²) in [5, 5.41) is 0. The van der Waals surface area contributed by atoms with Gasteiger partial charge in [-0.25, -0.2) is 0 Å². The molecule has 0 spiro atoms. The summed E-state index contributed by atoms with van der Waals surface area (Å²) < 4.78 is 5.10. The first-order chi connectivity index (χ1) is 7.12. The number of carbonyl (C=O) groups excluding carboxylic acids is 1. The maximum Gasteiger partial charge on any atom is 0.183 e. The van der Waals surface area contributed by atoms with Gasteiger partial charge in [0.05, 0.1) is 12.6 Å². The Morgan fingerprint density at radius 2 is 2.40 bits per heavy atom. The van der Waals surface area contributed by atoms with Crippen molar-refractivity contribution in [2.24, 2.45) is 5.73 Å². The van der Waals surface area contributed by atoms with Crippen LogP contribution in [0.25, 0.3) is 0 Å².